The fraction of sp³-hybridized carbons (Fsp3) is 0.0769. The lowest BCUT2D eigenvalue weighted by molar-refractivity contribution is -0.137. The fourth-order valence-corrected chi connectivity index (χ4v) is 4.42. The Morgan fingerprint density at radius 1 is 1.03 bits per heavy atom. The summed E-state index contributed by atoms with van der Waals surface area (Å²) in [6, 6.07) is 21.4. The first kappa shape index (κ1) is 24.8. The lowest BCUT2D eigenvalue weighted by Crippen LogP contribution is -2.18. The molecular formula is C26H17BrClF3N2O2. The molecule has 0 aliphatic heterocycles. The van der Waals surface area contributed by atoms with Crippen molar-refractivity contribution in [1.82, 2.24) is 5.43 Å². The molecule has 0 aromatic heterocycles. The molecule has 4 aromatic carbocycles. The number of carbonyl (C=O) groups excluding carboxylic acids is 1. The highest BCUT2D eigenvalue weighted by Crippen LogP contribution is 2.35. The summed E-state index contributed by atoms with van der Waals surface area (Å²) in [6.45, 7) is 0.306. The molecule has 0 heterocycles. The van der Waals surface area contributed by atoms with Crippen LogP contribution < -0.4 is 10.2 Å². The highest BCUT2D eigenvalue weighted by atomic mass is 79.9. The second-order valence-corrected chi connectivity index (χ2v) is 8.78. The predicted molar refractivity (Wildman–Crippen MR) is 134 cm³/mol. The first-order chi connectivity index (χ1) is 16.7. The Labute approximate surface area is 212 Å². The van der Waals surface area contributed by atoms with Crippen LogP contribution in [0.1, 0.15) is 27.0 Å². The number of carbonyl (C=O) groups is 1. The molecule has 1 amide bonds. The van der Waals surface area contributed by atoms with E-state index in [-0.39, 0.29) is 5.56 Å². The van der Waals surface area contributed by atoms with E-state index in [1.807, 2.05) is 42.5 Å². The topological polar surface area (TPSA) is 50.7 Å². The van der Waals surface area contributed by atoms with Crippen molar-refractivity contribution in [3.05, 3.63) is 111 Å². The Kier molecular flexibility index (Phi) is 7.42. The third-order valence-corrected chi connectivity index (χ3v) is 5.97. The Morgan fingerprint density at radius 2 is 1.77 bits per heavy atom. The molecule has 0 aliphatic rings. The maximum absolute atomic E-state index is 12.8. The first-order valence-corrected chi connectivity index (χ1v) is 11.5. The van der Waals surface area contributed by atoms with Crippen molar-refractivity contribution in [2.75, 3.05) is 0 Å². The van der Waals surface area contributed by atoms with Gasteiger partial charge in [0.15, 0.2) is 5.75 Å². The number of hydrogen-bond donors (Lipinski definition) is 1. The molecule has 1 N–H and O–H groups in total. The largest absolute Gasteiger partial charge is 0.486 e. The molecule has 0 unspecified atom stereocenters. The minimum absolute atomic E-state index is 0.159. The molecule has 0 aliphatic carbocycles. The molecule has 4 aromatic rings. The van der Waals surface area contributed by atoms with E-state index in [1.165, 1.54) is 12.3 Å². The normalized spacial score (nSPS) is 11.7. The van der Waals surface area contributed by atoms with Crippen LogP contribution >= 0.6 is 27.5 Å². The van der Waals surface area contributed by atoms with Crippen LogP contribution in [-0.4, -0.2) is 12.1 Å². The molecule has 0 radical (unpaired) electrons. The second kappa shape index (κ2) is 10.5. The molecule has 35 heavy (non-hydrogen) atoms. The van der Waals surface area contributed by atoms with E-state index in [0.29, 0.717) is 27.4 Å². The van der Waals surface area contributed by atoms with Gasteiger partial charge in [-0.3, -0.25) is 4.79 Å². The standard InChI is InChI=1S/C26H17BrClF3N2O2/c27-22-11-16(14-32-33-25(34)18-7-4-9-20(13-18)26(29,30)31)12-23(28)24(22)35-15-19-8-3-6-17-5-1-2-10-21(17)19/h1-14H,15H2,(H,33,34)/b32-14-. The Bertz CT molecular complexity index is 1400. The van der Waals surface area contributed by atoms with Crippen LogP contribution in [0.15, 0.2) is 88.4 Å². The summed E-state index contributed by atoms with van der Waals surface area (Å²) in [4.78, 5) is 12.2. The molecule has 0 spiro atoms. The number of hydrazone groups is 1. The quantitative estimate of drug-likeness (QED) is 0.194. The summed E-state index contributed by atoms with van der Waals surface area (Å²) in [5, 5.41) is 6.34. The summed E-state index contributed by atoms with van der Waals surface area (Å²) in [5.41, 5.74) is 2.70. The molecule has 0 saturated heterocycles. The van der Waals surface area contributed by atoms with Crippen LogP contribution in [0.4, 0.5) is 13.2 Å². The summed E-state index contributed by atoms with van der Waals surface area (Å²) >= 11 is 9.85. The zero-order valence-corrected chi connectivity index (χ0v) is 20.3. The van der Waals surface area contributed by atoms with Crippen LogP contribution in [0.5, 0.6) is 5.75 Å². The van der Waals surface area contributed by atoms with Crippen molar-refractivity contribution >= 4 is 50.4 Å². The van der Waals surface area contributed by atoms with Crippen molar-refractivity contribution in [3.63, 3.8) is 0 Å². The molecule has 9 heteroatoms. The van der Waals surface area contributed by atoms with Gasteiger partial charge in [-0.15, -0.1) is 0 Å². The third-order valence-electron chi connectivity index (χ3n) is 5.10. The smallest absolute Gasteiger partial charge is 0.416 e. The van der Waals surface area contributed by atoms with Crippen LogP contribution in [0.2, 0.25) is 5.02 Å². The number of fused-ring (bicyclic) bond motifs is 1. The Balaban J connectivity index is 1.43. The van der Waals surface area contributed by atoms with Gasteiger partial charge in [-0.1, -0.05) is 60.1 Å². The number of hydrogen-bond acceptors (Lipinski definition) is 3. The first-order valence-electron chi connectivity index (χ1n) is 10.3. The van der Waals surface area contributed by atoms with Gasteiger partial charge >= 0.3 is 6.18 Å². The van der Waals surface area contributed by atoms with E-state index in [4.69, 9.17) is 16.3 Å². The minimum Gasteiger partial charge on any atom is -0.486 e. The maximum atomic E-state index is 12.8. The number of nitrogens with zero attached hydrogens (tertiary/aromatic N) is 1. The van der Waals surface area contributed by atoms with Crippen LogP contribution in [0.3, 0.4) is 0 Å². The molecule has 178 valence electrons. The Morgan fingerprint density at radius 3 is 2.54 bits per heavy atom. The predicted octanol–water partition coefficient (Wildman–Crippen LogP) is 7.62. The Hall–Kier alpha value is -3.36. The van der Waals surface area contributed by atoms with Gasteiger partial charge in [0.05, 0.1) is 21.3 Å². The monoisotopic (exact) mass is 560 g/mol. The SMILES string of the molecule is O=C(N/N=C\c1cc(Cl)c(OCc2cccc3ccccc23)c(Br)c1)c1cccc(C(F)(F)F)c1. The van der Waals surface area contributed by atoms with Crippen LogP contribution in [0.25, 0.3) is 10.8 Å². The lowest BCUT2D eigenvalue weighted by atomic mass is 10.1. The van der Waals surface area contributed by atoms with Gasteiger partial charge in [0, 0.05) is 5.56 Å². The average molecular weight is 562 g/mol. The molecule has 0 fully saturated rings. The molecule has 0 saturated carbocycles. The van der Waals surface area contributed by atoms with Gasteiger partial charge in [-0.05, 0) is 68.2 Å². The zero-order valence-electron chi connectivity index (χ0n) is 17.9. The molecule has 0 atom stereocenters. The third kappa shape index (κ3) is 6.01. The summed E-state index contributed by atoms with van der Waals surface area (Å²) < 4.78 is 45.1. The molecule has 4 nitrogen and oxygen atoms in total. The number of benzene rings is 4. The molecule has 4 rings (SSSR count). The van der Waals surface area contributed by atoms with E-state index in [9.17, 15) is 18.0 Å². The van der Waals surface area contributed by atoms with Crippen molar-refractivity contribution in [1.29, 1.82) is 0 Å². The number of alkyl halides is 3. The van der Waals surface area contributed by atoms with Gasteiger partial charge in [0.1, 0.15) is 6.61 Å². The molecular weight excluding hydrogens is 545 g/mol. The van der Waals surface area contributed by atoms with Gasteiger partial charge in [0.25, 0.3) is 5.91 Å². The highest BCUT2D eigenvalue weighted by molar-refractivity contribution is 9.10. The van der Waals surface area contributed by atoms with Gasteiger partial charge in [-0.25, -0.2) is 5.43 Å². The molecule has 0 bridgehead atoms. The number of rotatable bonds is 6. The van der Waals surface area contributed by atoms with Crippen LogP contribution in [-0.2, 0) is 12.8 Å². The van der Waals surface area contributed by atoms with E-state index in [1.54, 1.807) is 12.1 Å². The lowest BCUT2D eigenvalue weighted by Gasteiger charge is -2.12. The summed E-state index contributed by atoms with van der Waals surface area (Å²) in [6.07, 6.45) is -3.21. The number of ether oxygens (including phenoxy) is 1. The van der Waals surface area contributed by atoms with Gasteiger partial charge in [-0.2, -0.15) is 18.3 Å². The van der Waals surface area contributed by atoms with Gasteiger partial charge < -0.3 is 4.74 Å². The highest BCUT2D eigenvalue weighted by Gasteiger charge is 2.30. The summed E-state index contributed by atoms with van der Waals surface area (Å²) in [5.74, 6) is -0.322. The van der Waals surface area contributed by atoms with Crippen LogP contribution in [0, 0.1) is 0 Å². The van der Waals surface area contributed by atoms with E-state index in [2.05, 4.69) is 26.5 Å². The van der Waals surface area contributed by atoms with Crippen molar-refractivity contribution in [3.8, 4) is 5.75 Å². The zero-order chi connectivity index (χ0) is 25.0. The maximum Gasteiger partial charge on any atom is 0.416 e. The van der Waals surface area contributed by atoms with E-state index >= 15 is 0 Å². The summed E-state index contributed by atoms with van der Waals surface area (Å²) in [7, 11) is 0. The van der Waals surface area contributed by atoms with Gasteiger partial charge in [0.2, 0.25) is 0 Å². The number of halogens is 5. The fourth-order valence-electron chi connectivity index (χ4n) is 3.43. The van der Waals surface area contributed by atoms with E-state index < -0.39 is 17.6 Å². The van der Waals surface area contributed by atoms with E-state index in [0.717, 1.165) is 34.5 Å². The minimum atomic E-state index is -4.54. The number of amides is 1. The average Bonchev–Trinajstić information content (AvgIpc) is 2.83. The van der Waals surface area contributed by atoms with Crippen molar-refractivity contribution in [2.24, 2.45) is 5.10 Å². The van der Waals surface area contributed by atoms with Crippen molar-refractivity contribution < 1.29 is 22.7 Å². The second-order valence-electron chi connectivity index (χ2n) is 7.52. The number of nitrogens with one attached hydrogen (secondary N) is 1. The van der Waals surface area contributed by atoms with Crippen molar-refractivity contribution in [2.45, 2.75) is 12.8 Å².